The summed E-state index contributed by atoms with van der Waals surface area (Å²) in [6.45, 7) is 0. The molecule has 25 heavy (non-hydrogen) atoms. The van der Waals surface area contributed by atoms with Gasteiger partial charge in [-0.2, -0.15) is 19.9 Å². The van der Waals surface area contributed by atoms with Gasteiger partial charge in [0.15, 0.2) is 5.69 Å². The number of para-hydroxylation sites is 1. The number of hydrogen-bond donors (Lipinski definition) is 1. The zero-order valence-corrected chi connectivity index (χ0v) is 13.1. The average molecular weight is 336 g/mol. The van der Waals surface area contributed by atoms with Crippen LogP contribution in [0.5, 0.6) is 0 Å². The van der Waals surface area contributed by atoms with E-state index >= 15 is 0 Å². The predicted molar refractivity (Wildman–Crippen MR) is 87.5 cm³/mol. The Morgan fingerprint density at radius 1 is 0.920 bits per heavy atom. The van der Waals surface area contributed by atoms with Crippen molar-refractivity contribution in [2.24, 2.45) is 0 Å². The van der Waals surface area contributed by atoms with Crippen LogP contribution < -0.4 is 10.6 Å². The van der Waals surface area contributed by atoms with Gasteiger partial charge in [-0.1, -0.05) is 28.5 Å². The van der Waals surface area contributed by atoms with E-state index in [4.69, 9.17) is 14.8 Å². The topological polar surface area (TPSA) is 133 Å². The summed E-state index contributed by atoms with van der Waals surface area (Å²) in [5.74, 6) is 0.983. The van der Waals surface area contributed by atoms with Crippen molar-refractivity contribution in [1.29, 1.82) is 0 Å². The van der Waals surface area contributed by atoms with Gasteiger partial charge in [-0.15, -0.1) is 0 Å². The van der Waals surface area contributed by atoms with Crippen molar-refractivity contribution in [1.82, 2.24) is 30.2 Å². The third-order valence-corrected chi connectivity index (χ3v) is 3.37. The Morgan fingerprint density at radius 2 is 1.76 bits per heavy atom. The van der Waals surface area contributed by atoms with Crippen LogP contribution in [0.3, 0.4) is 0 Å². The van der Waals surface area contributed by atoms with E-state index in [2.05, 4.69) is 30.2 Å². The SMILES string of the molecule is CN(c1ccccc1)c1nc(N)nc(-c2noc(-c3ccon3)n2)n1. The summed E-state index contributed by atoms with van der Waals surface area (Å²) < 4.78 is 9.91. The average Bonchev–Trinajstić information content (AvgIpc) is 3.32. The van der Waals surface area contributed by atoms with Crippen LogP contribution in [-0.2, 0) is 0 Å². The van der Waals surface area contributed by atoms with E-state index in [9.17, 15) is 0 Å². The Hall–Kier alpha value is -3.82. The number of aromatic nitrogens is 6. The fourth-order valence-electron chi connectivity index (χ4n) is 2.14. The monoisotopic (exact) mass is 336 g/mol. The largest absolute Gasteiger partial charge is 0.368 e. The van der Waals surface area contributed by atoms with Gasteiger partial charge in [0.1, 0.15) is 6.26 Å². The molecule has 0 spiro atoms. The number of nitrogens with two attached hydrogens (primary N) is 1. The van der Waals surface area contributed by atoms with Crippen LogP contribution in [-0.4, -0.2) is 37.3 Å². The lowest BCUT2D eigenvalue weighted by atomic mass is 10.3. The highest BCUT2D eigenvalue weighted by Gasteiger charge is 2.18. The maximum atomic E-state index is 5.81. The van der Waals surface area contributed by atoms with Gasteiger partial charge >= 0.3 is 0 Å². The summed E-state index contributed by atoms with van der Waals surface area (Å²) in [6.07, 6.45) is 1.41. The molecule has 0 aliphatic carbocycles. The van der Waals surface area contributed by atoms with E-state index in [-0.39, 0.29) is 23.5 Å². The highest BCUT2D eigenvalue weighted by molar-refractivity contribution is 5.59. The molecule has 0 amide bonds. The van der Waals surface area contributed by atoms with Crippen LogP contribution in [0.1, 0.15) is 0 Å². The summed E-state index contributed by atoms with van der Waals surface area (Å²) in [4.78, 5) is 18.6. The lowest BCUT2D eigenvalue weighted by molar-refractivity contribution is 0.405. The van der Waals surface area contributed by atoms with Crippen molar-refractivity contribution < 1.29 is 9.05 Å². The molecule has 0 saturated heterocycles. The zero-order valence-electron chi connectivity index (χ0n) is 13.1. The summed E-state index contributed by atoms with van der Waals surface area (Å²) >= 11 is 0. The summed E-state index contributed by atoms with van der Waals surface area (Å²) in [6, 6.07) is 11.2. The molecule has 2 N–H and O–H groups in total. The maximum Gasteiger partial charge on any atom is 0.280 e. The van der Waals surface area contributed by atoms with Gasteiger partial charge in [0.25, 0.3) is 5.89 Å². The van der Waals surface area contributed by atoms with Crippen LogP contribution in [0.15, 0.2) is 51.7 Å². The number of nitrogen functional groups attached to an aromatic ring is 1. The molecule has 10 heteroatoms. The number of anilines is 3. The first-order valence-electron chi connectivity index (χ1n) is 7.26. The van der Waals surface area contributed by atoms with Crippen LogP contribution in [0.25, 0.3) is 23.2 Å². The quantitative estimate of drug-likeness (QED) is 0.589. The molecule has 124 valence electrons. The fourth-order valence-corrected chi connectivity index (χ4v) is 2.14. The van der Waals surface area contributed by atoms with Gasteiger partial charge in [-0.05, 0) is 12.1 Å². The Labute approximate surface area is 141 Å². The van der Waals surface area contributed by atoms with Crippen molar-refractivity contribution in [3.63, 3.8) is 0 Å². The van der Waals surface area contributed by atoms with E-state index in [0.29, 0.717) is 11.6 Å². The first-order chi connectivity index (χ1) is 12.2. The van der Waals surface area contributed by atoms with E-state index in [1.807, 2.05) is 37.4 Å². The zero-order chi connectivity index (χ0) is 17.2. The van der Waals surface area contributed by atoms with Gasteiger partial charge in [0.05, 0.1) is 0 Å². The van der Waals surface area contributed by atoms with E-state index in [1.54, 1.807) is 11.0 Å². The molecule has 0 fully saturated rings. The third-order valence-electron chi connectivity index (χ3n) is 3.37. The summed E-state index contributed by atoms with van der Waals surface area (Å²) in [5, 5.41) is 7.60. The Balaban J connectivity index is 1.71. The Morgan fingerprint density at radius 3 is 2.52 bits per heavy atom. The van der Waals surface area contributed by atoms with Gasteiger partial charge in [0.2, 0.25) is 23.5 Å². The highest BCUT2D eigenvalue weighted by atomic mass is 16.5. The smallest absolute Gasteiger partial charge is 0.280 e. The first kappa shape index (κ1) is 14.8. The normalized spacial score (nSPS) is 10.8. The van der Waals surface area contributed by atoms with E-state index in [0.717, 1.165) is 5.69 Å². The lowest BCUT2D eigenvalue weighted by Crippen LogP contribution is -2.15. The fraction of sp³-hybridized carbons (Fsp3) is 0.0667. The molecule has 4 aromatic rings. The minimum absolute atomic E-state index is 0.0515. The molecular weight excluding hydrogens is 324 g/mol. The second-order valence-corrected chi connectivity index (χ2v) is 5.02. The molecule has 3 aromatic heterocycles. The Kier molecular flexibility index (Phi) is 3.54. The standard InChI is InChI=1S/C15H12N8O2/c1-23(9-5-3-2-4-6-9)15-19-11(18-14(16)20-15)12-17-13(25-22-12)10-7-8-24-21-10/h2-8H,1H3,(H2,16,18,19,20). The number of nitrogens with zero attached hydrogens (tertiary/aromatic N) is 7. The van der Waals surface area contributed by atoms with Crippen molar-refractivity contribution in [2.45, 2.75) is 0 Å². The summed E-state index contributed by atoms with van der Waals surface area (Å²) in [7, 11) is 1.82. The van der Waals surface area contributed by atoms with Gasteiger partial charge < -0.3 is 19.7 Å². The van der Waals surface area contributed by atoms with E-state index in [1.165, 1.54) is 6.26 Å². The molecule has 0 saturated carbocycles. The number of benzene rings is 1. The number of hydrogen-bond acceptors (Lipinski definition) is 10. The molecule has 4 rings (SSSR count). The molecule has 1 aromatic carbocycles. The van der Waals surface area contributed by atoms with Crippen LogP contribution in [0, 0.1) is 0 Å². The minimum atomic E-state index is 0.0515. The molecule has 10 nitrogen and oxygen atoms in total. The molecule has 0 radical (unpaired) electrons. The van der Waals surface area contributed by atoms with Crippen LogP contribution in [0.2, 0.25) is 0 Å². The lowest BCUT2D eigenvalue weighted by Gasteiger charge is -2.17. The maximum absolute atomic E-state index is 5.81. The second kappa shape index (κ2) is 6.00. The van der Waals surface area contributed by atoms with Crippen LogP contribution >= 0.6 is 0 Å². The third kappa shape index (κ3) is 2.87. The molecule has 0 atom stereocenters. The molecule has 0 unspecified atom stereocenters. The molecular formula is C15H12N8O2. The highest BCUT2D eigenvalue weighted by Crippen LogP contribution is 2.23. The van der Waals surface area contributed by atoms with Gasteiger partial charge in [0, 0.05) is 18.8 Å². The minimum Gasteiger partial charge on any atom is -0.368 e. The predicted octanol–water partition coefficient (Wildman–Crippen LogP) is 1.93. The first-order valence-corrected chi connectivity index (χ1v) is 7.26. The second-order valence-electron chi connectivity index (χ2n) is 5.02. The molecule has 3 heterocycles. The van der Waals surface area contributed by atoms with Crippen molar-refractivity contribution in [3.05, 3.63) is 42.7 Å². The molecule has 0 aliphatic heterocycles. The summed E-state index contributed by atoms with van der Waals surface area (Å²) in [5.41, 5.74) is 7.13. The molecule has 0 bridgehead atoms. The van der Waals surface area contributed by atoms with Gasteiger partial charge in [-0.3, -0.25) is 0 Å². The van der Waals surface area contributed by atoms with Gasteiger partial charge in [-0.25, -0.2) is 0 Å². The van der Waals surface area contributed by atoms with Crippen molar-refractivity contribution in [3.8, 4) is 23.2 Å². The van der Waals surface area contributed by atoms with Crippen LogP contribution in [0.4, 0.5) is 17.6 Å². The molecule has 0 aliphatic rings. The van der Waals surface area contributed by atoms with Crippen molar-refractivity contribution >= 4 is 17.6 Å². The van der Waals surface area contributed by atoms with E-state index < -0.39 is 0 Å². The Bertz CT molecular complexity index is 984. The van der Waals surface area contributed by atoms with Crippen molar-refractivity contribution in [2.75, 3.05) is 17.7 Å². The number of rotatable bonds is 4.